The van der Waals surface area contributed by atoms with Gasteiger partial charge < -0.3 is 15.1 Å². The van der Waals surface area contributed by atoms with Gasteiger partial charge in [-0.25, -0.2) is 9.67 Å². The number of hydrogen-bond acceptors (Lipinski definition) is 6. The first-order chi connectivity index (χ1) is 13.2. The second kappa shape index (κ2) is 7.75. The quantitative estimate of drug-likeness (QED) is 0.752. The molecule has 3 heterocycles. The minimum absolute atomic E-state index is 0.558. The fourth-order valence-corrected chi connectivity index (χ4v) is 3.47. The van der Waals surface area contributed by atoms with Gasteiger partial charge in [0.2, 0.25) is 5.95 Å². The molecule has 1 aromatic carbocycles. The van der Waals surface area contributed by atoms with E-state index < -0.39 is 0 Å². The maximum Gasteiger partial charge on any atom is 0.229 e. The van der Waals surface area contributed by atoms with Crippen molar-refractivity contribution in [2.75, 3.05) is 37.4 Å². The minimum atomic E-state index is 0.558. The van der Waals surface area contributed by atoms with Crippen LogP contribution in [0, 0.1) is 0 Å². The Hall–Kier alpha value is -2.93. The van der Waals surface area contributed by atoms with Crippen LogP contribution in [0.2, 0.25) is 0 Å². The van der Waals surface area contributed by atoms with Gasteiger partial charge in [-0.05, 0) is 57.3 Å². The minimum Gasteiger partial charge on any atom is -0.371 e. The van der Waals surface area contributed by atoms with Gasteiger partial charge in [0.25, 0.3) is 0 Å². The second-order valence-electron chi connectivity index (χ2n) is 7.04. The molecular weight excluding hydrogens is 338 g/mol. The van der Waals surface area contributed by atoms with E-state index in [9.17, 15) is 0 Å². The normalized spacial score (nSPS) is 15.3. The summed E-state index contributed by atoms with van der Waals surface area (Å²) in [5, 5.41) is 7.47. The van der Waals surface area contributed by atoms with Crippen LogP contribution < -0.4 is 10.2 Å². The number of hydrogen-bond donors (Lipinski definition) is 1. The summed E-state index contributed by atoms with van der Waals surface area (Å²) in [6.07, 6.45) is 7.74. The highest BCUT2D eigenvalue weighted by molar-refractivity contribution is 5.59. The number of benzene rings is 1. The van der Waals surface area contributed by atoms with Gasteiger partial charge in [-0.15, -0.1) is 0 Å². The summed E-state index contributed by atoms with van der Waals surface area (Å²) in [4.78, 5) is 13.6. The summed E-state index contributed by atoms with van der Waals surface area (Å²) < 4.78 is 1.72. The van der Waals surface area contributed by atoms with Gasteiger partial charge in [-0.1, -0.05) is 0 Å². The van der Waals surface area contributed by atoms with Crippen molar-refractivity contribution in [2.24, 2.45) is 0 Å². The third-order valence-corrected chi connectivity index (χ3v) is 5.06. The molecule has 0 saturated carbocycles. The highest BCUT2D eigenvalue weighted by Crippen LogP contribution is 2.24. The van der Waals surface area contributed by atoms with Crippen molar-refractivity contribution in [3.63, 3.8) is 0 Å². The van der Waals surface area contributed by atoms with Crippen LogP contribution in [0.1, 0.15) is 12.8 Å². The molecule has 1 N–H and O–H groups in total. The van der Waals surface area contributed by atoms with E-state index >= 15 is 0 Å². The van der Waals surface area contributed by atoms with Gasteiger partial charge in [-0.3, -0.25) is 0 Å². The summed E-state index contributed by atoms with van der Waals surface area (Å²) in [5.74, 6) is 1.29. The van der Waals surface area contributed by atoms with Crippen LogP contribution >= 0.6 is 0 Å². The van der Waals surface area contributed by atoms with Crippen LogP contribution in [0.25, 0.3) is 5.82 Å². The first-order valence-electron chi connectivity index (χ1n) is 9.30. The summed E-state index contributed by atoms with van der Waals surface area (Å²) in [7, 11) is 4.34. The van der Waals surface area contributed by atoms with Crippen LogP contribution in [-0.2, 0) is 0 Å². The Morgan fingerprint density at radius 1 is 1.04 bits per heavy atom. The molecule has 1 fully saturated rings. The molecule has 0 spiro atoms. The van der Waals surface area contributed by atoms with Gasteiger partial charge >= 0.3 is 0 Å². The van der Waals surface area contributed by atoms with Crippen molar-refractivity contribution in [1.82, 2.24) is 24.6 Å². The van der Waals surface area contributed by atoms with E-state index in [4.69, 9.17) is 0 Å². The SMILES string of the molecule is CN(C)C1CCN(c2ccc(Nc3nccc(-n4cccn4)n3)cc2)CC1. The molecule has 7 heteroatoms. The Bertz CT molecular complexity index is 850. The van der Waals surface area contributed by atoms with Crippen molar-refractivity contribution in [3.05, 3.63) is 55.0 Å². The summed E-state index contributed by atoms with van der Waals surface area (Å²) >= 11 is 0. The lowest BCUT2D eigenvalue weighted by molar-refractivity contribution is 0.249. The van der Waals surface area contributed by atoms with Crippen LogP contribution in [-0.4, -0.2) is 57.9 Å². The highest BCUT2D eigenvalue weighted by atomic mass is 15.3. The van der Waals surface area contributed by atoms with Crippen molar-refractivity contribution >= 4 is 17.3 Å². The monoisotopic (exact) mass is 363 g/mol. The first-order valence-corrected chi connectivity index (χ1v) is 9.30. The Balaban J connectivity index is 1.41. The number of nitrogens with zero attached hydrogens (tertiary/aromatic N) is 6. The Kier molecular flexibility index (Phi) is 5.02. The van der Waals surface area contributed by atoms with E-state index in [1.54, 1.807) is 17.1 Å². The molecular formula is C20H25N7. The fourth-order valence-electron chi connectivity index (χ4n) is 3.47. The molecule has 3 aromatic rings. The number of nitrogens with one attached hydrogen (secondary N) is 1. The highest BCUT2D eigenvalue weighted by Gasteiger charge is 2.20. The Labute approximate surface area is 159 Å². The van der Waals surface area contributed by atoms with E-state index in [2.05, 4.69) is 68.5 Å². The van der Waals surface area contributed by atoms with Crippen LogP contribution in [0.15, 0.2) is 55.0 Å². The van der Waals surface area contributed by atoms with E-state index in [0.717, 1.165) is 24.6 Å². The first kappa shape index (κ1) is 17.5. The molecule has 2 aromatic heterocycles. The molecule has 4 rings (SSSR count). The Morgan fingerprint density at radius 3 is 2.48 bits per heavy atom. The molecule has 0 amide bonds. The fraction of sp³-hybridized carbons (Fsp3) is 0.350. The van der Waals surface area contributed by atoms with E-state index in [-0.39, 0.29) is 0 Å². The van der Waals surface area contributed by atoms with Crippen LogP contribution in [0.4, 0.5) is 17.3 Å². The average Bonchev–Trinajstić information content (AvgIpc) is 3.24. The molecule has 1 aliphatic heterocycles. The third-order valence-electron chi connectivity index (χ3n) is 5.06. The molecule has 0 aliphatic carbocycles. The second-order valence-corrected chi connectivity index (χ2v) is 7.04. The smallest absolute Gasteiger partial charge is 0.229 e. The zero-order chi connectivity index (χ0) is 18.6. The summed E-state index contributed by atoms with van der Waals surface area (Å²) in [5.41, 5.74) is 2.24. The number of rotatable bonds is 5. The average molecular weight is 363 g/mol. The summed E-state index contributed by atoms with van der Waals surface area (Å²) in [6, 6.07) is 12.9. The van der Waals surface area contributed by atoms with Crippen molar-refractivity contribution < 1.29 is 0 Å². The van der Waals surface area contributed by atoms with E-state index in [1.165, 1.54) is 18.5 Å². The third kappa shape index (κ3) is 4.09. The molecule has 0 atom stereocenters. The standard InChI is InChI=1S/C20H25N7/c1-25(2)17-9-14-26(15-10-17)18-6-4-16(5-7-18)23-20-21-12-8-19(24-20)27-13-3-11-22-27/h3-8,11-13,17H,9-10,14-15H2,1-2H3,(H,21,23,24). The van der Waals surface area contributed by atoms with Crippen molar-refractivity contribution in [2.45, 2.75) is 18.9 Å². The van der Waals surface area contributed by atoms with Crippen molar-refractivity contribution in [3.8, 4) is 5.82 Å². The molecule has 0 unspecified atom stereocenters. The number of anilines is 3. The molecule has 27 heavy (non-hydrogen) atoms. The number of aromatic nitrogens is 4. The predicted molar refractivity (Wildman–Crippen MR) is 108 cm³/mol. The molecule has 0 radical (unpaired) electrons. The molecule has 7 nitrogen and oxygen atoms in total. The summed E-state index contributed by atoms with van der Waals surface area (Å²) in [6.45, 7) is 2.20. The zero-order valence-electron chi connectivity index (χ0n) is 15.8. The molecule has 1 saturated heterocycles. The van der Waals surface area contributed by atoms with Crippen LogP contribution in [0.5, 0.6) is 0 Å². The maximum atomic E-state index is 4.51. The molecule has 0 bridgehead atoms. The van der Waals surface area contributed by atoms with E-state index in [0.29, 0.717) is 12.0 Å². The van der Waals surface area contributed by atoms with Gasteiger partial charge in [-0.2, -0.15) is 10.1 Å². The lowest BCUT2D eigenvalue weighted by atomic mass is 10.0. The lowest BCUT2D eigenvalue weighted by Crippen LogP contribution is -2.41. The van der Waals surface area contributed by atoms with Crippen molar-refractivity contribution in [1.29, 1.82) is 0 Å². The number of piperidine rings is 1. The largest absolute Gasteiger partial charge is 0.371 e. The van der Waals surface area contributed by atoms with Gasteiger partial charge in [0.1, 0.15) is 0 Å². The molecule has 140 valence electrons. The lowest BCUT2D eigenvalue weighted by Gasteiger charge is -2.36. The Morgan fingerprint density at radius 2 is 1.81 bits per heavy atom. The van der Waals surface area contributed by atoms with Gasteiger partial charge in [0.15, 0.2) is 5.82 Å². The van der Waals surface area contributed by atoms with Crippen LogP contribution in [0.3, 0.4) is 0 Å². The van der Waals surface area contributed by atoms with Gasteiger partial charge in [0, 0.05) is 55.2 Å². The topological polar surface area (TPSA) is 62.1 Å². The predicted octanol–water partition coefficient (Wildman–Crippen LogP) is 2.94. The molecule has 1 aliphatic rings. The zero-order valence-corrected chi connectivity index (χ0v) is 15.8. The van der Waals surface area contributed by atoms with E-state index in [1.807, 2.05) is 18.3 Å². The maximum absolute atomic E-state index is 4.51. The van der Waals surface area contributed by atoms with Gasteiger partial charge in [0.05, 0.1) is 0 Å².